The molecule has 90 valence electrons. The van der Waals surface area contributed by atoms with Crippen LogP contribution in [0.5, 0.6) is 0 Å². The van der Waals surface area contributed by atoms with E-state index >= 15 is 0 Å². The molecule has 4 nitrogen and oxygen atoms in total. The molecule has 0 unspecified atom stereocenters. The molecule has 1 saturated carbocycles. The highest BCUT2D eigenvalue weighted by Gasteiger charge is 2.41. The molecule has 0 aliphatic heterocycles. The molecule has 5 heteroatoms. The Kier molecular flexibility index (Phi) is 4.14. The lowest BCUT2D eigenvalue weighted by Gasteiger charge is -2.14. The van der Waals surface area contributed by atoms with Gasteiger partial charge < -0.3 is 5.73 Å². The maximum absolute atomic E-state index is 11.6. The van der Waals surface area contributed by atoms with Crippen LogP contribution in [0.1, 0.15) is 33.1 Å². The van der Waals surface area contributed by atoms with Gasteiger partial charge in [0.1, 0.15) is 0 Å². The largest absolute Gasteiger partial charge is 0.330 e. The number of hydrogen-bond donors (Lipinski definition) is 2. The number of rotatable bonds is 7. The summed E-state index contributed by atoms with van der Waals surface area (Å²) in [4.78, 5) is 0. The van der Waals surface area contributed by atoms with Gasteiger partial charge in [-0.1, -0.05) is 13.8 Å². The minimum atomic E-state index is -3.09. The maximum Gasteiger partial charge on any atom is 0.211 e. The predicted molar refractivity (Wildman–Crippen MR) is 62.0 cm³/mol. The van der Waals surface area contributed by atoms with E-state index in [1.54, 1.807) is 0 Å². The Morgan fingerprint density at radius 3 is 2.40 bits per heavy atom. The fraction of sp³-hybridized carbons (Fsp3) is 1.00. The van der Waals surface area contributed by atoms with Gasteiger partial charge in [-0.25, -0.2) is 13.1 Å². The number of nitrogens with one attached hydrogen (secondary N) is 1. The van der Waals surface area contributed by atoms with E-state index in [9.17, 15) is 8.42 Å². The van der Waals surface area contributed by atoms with Gasteiger partial charge >= 0.3 is 0 Å². The monoisotopic (exact) mass is 234 g/mol. The fourth-order valence-corrected chi connectivity index (χ4v) is 2.81. The van der Waals surface area contributed by atoms with E-state index in [-0.39, 0.29) is 11.2 Å². The second-order valence-electron chi connectivity index (χ2n) is 5.03. The third kappa shape index (κ3) is 4.49. The van der Waals surface area contributed by atoms with Crippen molar-refractivity contribution in [3.8, 4) is 0 Å². The molecule has 1 aliphatic rings. The van der Waals surface area contributed by atoms with Crippen LogP contribution in [0.2, 0.25) is 0 Å². The highest BCUT2D eigenvalue weighted by atomic mass is 32.2. The molecule has 0 spiro atoms. The molecule has 0 aromatic carbocycles. The molecular formula is C10H22N2O2S. The first-order valence-electron chi connectivity index (χ1n) is 5.57. The minimum absolute atomic E-state index is 0.0743. The first-order valence-corrected chi connectivity index (χ1v) is 7.22. The SMILES string of the molecule is CC(C)CCS(=O)(=O)NCC1(CN)CC1. The predicted octanol–water partition coefficient (Wildman–Crippen LogP) is 0.691. The van der Waals surface area contributed by atoms with Crippen molar-refractivity contribution in [2.45, 2.75) is 33.1 Å². The molecular weight excluding hydrogens is 212 g/mol. The van der Waals surface area contributed by atoms with Crippen molar-refractivity contribution in [1.82, 2.24) is 4.72 Å². The molecule has 3 N–H and O–H groups in total. The second kappa shape index (κ2) is 4.80. The molecule has 1 aliphatic carbocycles. The minimum Gasteiger partial charge on any atom is -0.330 e. The Morgan fingerprint density at radius 1 is 1.40 bits per heavy atom. The van der Waals surface area contributed by atoms with Crippen LogP contribution < -0.4 is 10.5 Å². The third-order valence-corrected chi connectivity index (χ3v) is 4.38. The summed E-state index contributed by atoms with van der Waals surface area (Å²) >= 11 is 0. The van der Waals surface area contributed by atoms with E-state index in [0.717, 1.165) is 12.8 Å². The van der Waals surface area contributed by atoms with Gasteiger partial charge in [0.15, 0.2) is 0 Å². The summed E-state index contributed by atoms with van der Waals surface area (Å²) in [6.07, 6.45) is 2.82. The molecule has 0 saturated heterocycles. The number of sulfonamides is 1. The van der Waals surface area contributed by atoms with Crippen LogP contribution in [-0.2, 0) is 10.0 Å². The maximum atomic E-state index is 11.6. The summed E-state index contributed by atoms with van der Waals surface area (Å²) in [6, 6.07) is 0. The number of hydrogen-bond acceptors (Lipinski definition) is 3. The van der Waals surface area contributed by atoms with Crippen LogP contribution in [0.3, 0.4) is 0 Å². The van der Waals surface area contributed by atoms with Crippen LogP contribution in [0.4, 0.5) is 0 Å². The smallest absolute Gasteiger partial charge is 0.211 e. The van der Waals surface area contributed by atoms with Gasteiger partial charge in [-0.05, 0) is 37.1 Å². The molecule has 0 atom stereocenters. The van der Waals surface area contributed by atoms with Crippen LogP contribution in [-0.4, -0.2) is 27.3 Å². The Bertz CT molecular complexity index is 295. The first kappa shape index (κ1) is 12.9. The van der Waals surface area contributed by atoms with Crippen molar-refractivity contribution in [3.05, 3.63) is 0 Å². The summed E-state index contributed by atoms with van der Waals surface area (Å²) in [5.41, 5.74) is 5.66. The topological polar surface area (TPSA) is 72.2 Å². The zero-order chi connectivity index (χ0) is 11.5. The van der Waals surface area contributed by atoms with E-state index in [1.165, 1.54) is 0 Å². The molecule has 1 rings (SSSR count). The van der Waals surface area contributed by atoms with Crippen molar-refractivity contribution in [3.63, 3.8) is 0 Å². The van der Waals surface area contributed by atoms with E-state index in [4.69, 9.17) is 5.73 Å². The molecule has 1 fully saturated rings. The van der Waals surface area contributed by atoms with Crippen molar-refractivity contribution in [1.29, 1.82) is 0 Å². The van der Waals surface area contributed by atoms with Gasteiger partial charge in [0.25, 0.3) is 0 Å². The lowest BCUT2D eigenvalue weighted by molar-refractivity contribution is 0.497. The van der Waals surface area contributed by atoms with Crippen molar-refractivity contribution < 1.29 is 8.42 Å². The van der Waals surface area contributed by atoms with E-state index in [2.05, 4.69) is 4.72 Å². The van der Waals surface area contributed by atoms with Crippen molar-refractivity contribution in [2.24, 2.45) is 17.1 Å². The molecule has 15 heavy (non-hydrogen) atoms. The molecule has 0 bridgehead atoms. The lowest BCUT2D eigenvalue weighted by Crippen LogP contribution is -2.35. The Hall–Kier alpha value is -0.130. The van der Waals surface area contributed by atoms with Gasteiger partial charge in [0.05, 0.1) is 5.75 Å². The summed E-state index contributed by atoms with van der Waals surface area (Å²) in [5.74, 6) is 0.650. The van der Waals surface area contributed by atoms with Crippen LogP contribution in [0.15, 0.2) is 0 Å². The average Bonchev–Trinajstić information content (AvgIpc) is 2.93. The van der Waals surface area contributed by atoms with Gasteiger partial charge in [-0.3, -0.25) is 0 Å². The van der Waals surface area contributed by atoms with Gasteiger partial charge in [-0.2, -0.15) is 0 Å². The van der Waals surface area contributed by atoms with Gasteiger partial charge in [0.2, 0.25) is 10.0 Å². The molecule has 0 heterocycles. The summed E-state index contributed by atoms with van der Waals surface area (Å²) < 4.78 is 25.8. The van der Waals surface area contributed by atoms with Crippen molar-refractivity contribution >= 4 is 10.0 Å². The fourth-order valence-electron chi connectivity index (χ4n) is 1.36. The highest BCUT2D eigenvalue weighted by molar-refractivity contribution is 7.89. The first-order chi connectivity index (χ1) is 6.89. The zero-order valence-electron chi connectivity index (χ0n) is 9.62. The average molecular weight is 234 g/mol. The standard InChI is InChI=1S/C10H22N2O2S/c1-9(2)3-6-15(13,14)12-8-10(7-11)4-5-10/h9,12H,3-8,11H2,1-2H3. The summed E-state index contributed by atoms with van der Waals surface area (Å²) in [5, 5.41) is 0. The zero-order valence-corrected chi connectivity index (χ0v) is 10.4. The van der Waals surface area contributed by atoms with Crippen LogP contribution >= 0.6 is 0 Å². The van der Waals surface area contributed by atoms with Crippen molar-refractivity contribution in [2.75, 3.05) is 18.8 Å². The Balaban J connectivity index is 2.30. The molecule has 0 radical (unpaired) electrons. The molecule has 0 aromatic heterocycles. The quantitative estimate of drug-likeness (QED) is 0.681. The Labute approximate surface area is 92.7 Å². The highest BCUT2D eigenvalue weighted by Crippen LogP contribution is 2.43. The Morgan fingerprint density at radius 2 is 2.00 bits per heavy atom. The number of nitrogens with two attached hydrogens (primary N) is 1. The normalized spacial score (nSPS) is 19.5. The van der Waals surface area contributed by atoms with Crippen LogP contribution in [0.25, 0.3) is 0 Å². The molecule has 0 amide bonds. The lowest BCUT2D eigenvalue weighted by atomic mass is 10.1. The van der Waals surface area contributed by atoms with Gasteiger partial charge in [-0.15, -0.1) is 0 Å². The van der Waals surface area contributed by atoms with E-state index in [0.29, 0.717) is 25.4 Å². The summed E-state index contributed by atoms with van der Waals surface area (Å²) in [6.45, 7) is 5.15. The second-order valence-corrected chi connectivity index (χ2v) is 6.95. The molecule has 0 aromatic rings. The summed E-state index contributed by atoms with van der Waals surface area (Å²) in [7, 11) is -3.09. The van der Waals surface area contributed by atoms with E-state index < -0.39 is 10.0 Å². The van der Waals surface area contributed by atoms with E-state index in [1.807, 2.05) is 13.8 Å². The van der Waals surface area contributed by atoms with Gasteiger partial charge in [0, 0.05) is 6.54 Å². The van der Waals surface area contributed by atoms with Crippen LogP contribution in [0, 0.1) is 11.3 Å². The third-order valence-electron chi connectivity index (χ3n) is 3.02.